The summed E-state index contributed by atoms with van der Waals surface area (Å²) in [6.45, 7) is 4.20. The third kappa shape index (κ3) is 4.68. The molecule has 0 aliphatic carbocycles. The fraction of sp³-hybridized carbons (Fsp3) is 0.571. The summed E-state index contributed by atoms with van der Waals surface area (Å²) in [6.07, 6.45) is 2.32. The van der Waals surface area contributed by atoms with Gasteiger partial charge in [0.1, 0.15) is 0 Å². The molecule has 1 atom stereocenters. The van der Waals surface area contributed by atoms with Crippen LogP contribution < -0.4 is 10.0 Å². The van der Waals surface area contributed by atoms with Gasteiger partial charge in [-0.05, 0) is 49.9 Å². The Morgan fingerprint density at radius 2 is 1.95 bits per heavy atom. The van der Waals surface area contributed by atoms with E-state index in [1.807, 2.05) is 12.1 Å². The molecule has 1 aliphatic heterocycles. The van der Waals surface area contributed by atoms with Gasteiger partial charge in [0.2, 0.25) is 10.0 Å². The van der Waals surface area contributed by atoms with Crippen LogP contribution in [0.5, 0.6) is 0 Å². The Morgan fingerprint density at radius 1 is 1.25 bits per heavy atom. The van der Waals surface area contributed by atoms with Gasteiger partial charge in [-0.2, -0.15) is 0 Å². The number of anilines is 2. The predicted molar refractivity (Wildman–Crippen MR) is 81.6 cm³/mol. The van der Waals surface area contributed by atoms with Crippen LogP contribution in [0.4, 0.5) is 11.4 Å². The number of benzene rings is 1. The highest BCUT2D eigenvalue weighted by Crippen LogP contribution is 2.17. The van der Waals surface area contributed by atoms with Crippen LogP contribution >= 0.6 is 0 Å². The quantitative estimate of drug-likeness (QED) is 0.845. The van der Waals surface area contributed by atoms with Crippen LogP contribution in [0.3, 0.4) is 0 Å². The molecule has 2 rings (SSSR count). The van der Waals surface area contributed by atoms with Crippen LogP contribution in [0, 0.1) is 5.92 Å². The van der Waals surface area contributed by atoms with E-state index in [-0.39, 0.29) is 5.75 Å². The Hall–Kier alpha value is -1.27. The molecule has 0 bridgehead atoms. The molecule has 1 fully saturated rings. The van der Waals surface area contributed by atoms with E-state index in [1.54, 1.807) is 19.1 Å². The number of rotatable bonds is 6. The van der Waals surface area contributed by atoms with Crippen molar-refractivity contribution in [3.05, 3.63) is 24.3 Å². The van der Waals surface area contributed by atoms with Gasteiger partial charge in [-0.15, -0.1) is 0 Å². The van der Waals surface area contributed by atoms with Gasteiger partial charge in [0.05, 0.1) is 12.4 Å². The lowest BCUT2D eigenvalue weighted by Gasteiger charge is -2.22. The Kier molecular flexibility index (Phi) is 5.25. The molecule has 1 aromatic carbocycles. The van der Waals surface area contributed by atoms with Crippen LogP contribution in [-0.4, -0.2) is 33.9 Å². The highest BCUT2D eigenvalue weighted by atomic mass is 32.2. The summed E-state index contributed by atoms with van der Waals surface area (Å²) in [4.78, 5) is 0. The summed E-state index contributed by atoms with van der Waals surface area (Å²) in [6, 6.07) is 7.31. The first-order chi connectivity index (χ1) is 9.59. The molecule has 6 heteroatoms. The van der Waals surface area contributed by atoms with Gasteiger partial charge >= 0.3 is 0 Å². The van der Waals surface area contributed by atoms with E-state index in [9.17, 15) is 8.42 Å². The smallest absolute Gasteiger partial charge is 0.232 e. The van der Waals surface area contributed by atoms with Crippen LogP contribution in [0.15, 0.2) is 24.3 Å². The van der Waals surface area contributed by atoms with Crippen LogP contribution in [0.2, 0.25) is 0 Å². The van der Waals surface area contributed by atoms with E-state index in [2.05, 4.69) is 10.0 Å². The average molecular weight is 298 g/mol. The molecule has 2 N–H and O–H groups in total. The molecule has 1 aromatic rings. The van der Waals surface area contributed by atoms with Crippen molar-refractivity contribution in [3.8, 4) is 0 Å². The molecule has 0 radical (unpaired) electrons. The van der Waals surface area contributed by atoms with Crippen molar-refractivity contribution in [1.29, 1.82) is 0 Å². The summed E-state index contributed by atoms with van der Waals surface area (Å²) >= 11 is 0. The largest absolute Gasteiger partial charge is 0.385 e. The van der Waals surface area contributed by atoms with Crippen molar-refractivity contribution >= 4 is 21.4 Å². The Labute approximate surface area is 120 Å². The molecule has 1 unspecified atom stereocenters. The standard InChI is InChI=1S/C14H22N2O3S/c1-2-20(17,18)16-14-7-5-13(6-8-14)15-10-12-4-3-9-19-11-12/h5-8,12,15-16H,2-4,9-11H2,1H3. The van der Waals surface area contributed by atoms with Gasteiger partial charge in [-0.3, -0.25) is 4.72 Å². The molecule has 112 valence electrons. The average Bonchev–Trinajstić information content (AvgIpc) is 2.47. The van der Waals surface area contributed by atoms with Crippen LogP contribution in [-0.2, 0) is 14.8 Å². The summed E-state index contributed by atoms with van der Waals surface area (Å²) in [5.41, 5.74) is 1.59. The maximum absolute atomic E-state index is 11.4. The molecule has 1 heterocycles. The van der Waals surface area contributed by atoms with E-state index in [1.165, 1.54) is 6.42 Å². The first-order valence-corrected chi connectivity index (χ1v) is 8.66. The topological polar surface area (TPSA) is 67.4 Å². The van der Waals surface area contributed by atoms with E-state index in [4.69, 9.17) is 4.74 Å². The zero-order chi connectivity index (χ0) is 14.4. The van der Waals surface area contributed by atoms with Crippen molar-refractivity contribution < 1.29 is 13.2 Å². The summed E-state index contributed by atoms with van der Waals surface area (Å²) < 4.78 is 30.9. The third-order valence-corrected chi connectivity index (χ3v) is 4.69. The van der Waals surface area contributed by atoms with Gasteiger partial charge in [0.15, 0.2) is 0 Å². The summed E-state index contributed by atoms with van der Waals surface area (Å²) in [5.74, 6) is 0.635. The van der Waals surface area contributed by atoms with E-state index >= 15 is 0 Å². The third-order valence-electron chi connectivity index (χ3n) is 3.39. The maximum Gasteiger partial charge on any atom is 0.232 e. The summed E-state index contributed by atoms with van der Waals surface area (Å²) in [5, 5.41) is 3.36. The Balaban J connectivity index is 1.85. The van der Waals surface area contributed by atoms with Gasteiger partial charge in [0, 0.05) is 24.5 Å². The molecular formula is C14H22N2O3S. The minimum absolute atomic E-state index is 0.0781. The first kappa shape index (κ1) is 15.1. The van der Waals surface area contributed by atoms with Crippen LogP contribution in [0.25, 0.3) is 0 Å². The van der Waals surface area contributed by atoms with Gasteiger partial charge < -0.3 is 10.1 Å². The van der Waals surface area contributed by atoms with Gasteiger partial charge in [-0.1, -0.05) is 0 Å². The number of sulfonamides is 1. The van der Waals surface area contributed by atoms with Crippen LogP contribution in [0.1, 0.15) is 19.8 Å². The molecule has 0 spiro atoms. The maximum atomic E-state index is 11.4. The number of hydrogen-bond donors (Lipinski definition) is 2. The lowest BCUT2D eigenvalue weighted by molar-refractivity contribution is 0.0595. The highest BCUT2D eigenvalue weighted by molar-refractivity contribution is 7.92. The van der Waals surface area contributed by atoms with Crippen molar-refractivity contribution in [1.82, 2.24) is 0 Å². The number of hydrogen-bond acceptors (Lipinski definition) is 4. The van der Waals surface area contributed by atoms with E-state index in [0.29, 0.717) is 11.6 Å². The Morgan fingerprint density at radius 3 is 2.55 bits per heavy atom. The van der Waals surface area contributed by atoms with Crippen molar-refractivity contribution in [2.45, 2.75) is 19.8 Å². The predicted octanol–water partition coefficient (Wildman–Crippen LogP) is 2.29. The van der Waals surface area contributed by atoms with Crippen molar-refractivity contribution in [2.24, 2.45) is 5.92 Å². The fourth-order valence-corrected chi connectivity index (χ4v) is 2.78. The van der Waals surface area contributed by atoms with Crippen molar-refractivity contribution in [3.63, 3.8) is 0 Å². The second-order valence-electron chi connectivity index (χ2n) is 5.05. The minimum Gasteiger partial charge on any atom is -0.385 e. The van der Waals surface area contributed by atoms with Gasteiger partial charge in [0.25, 0.3) is 0 Å². The molecule has 20 heavy (non-hydrogen) atoms. The monoisotopic (exact) mass is 298 g/mol. The molecule has 1 aliphatic rings. The minimum atomic E-state index is -3.20. The highest BCUT2D eigenvalue weighted by Gasteiger charge is 2.13. The normalized spacial score (nSPS) is 19.6. The number of nitrogens with one attached hydrogen (secondary N) is 2. The SMILES string of the molecule is CCS(=O)(=O)Nc1ccc(NCC2CCCOC2)cc1. The summed E-state index contributed by atoms with van der Waals surface area (Å²) in [7, 11) is -3.20. The molecular weight excluding hydrogens is 276 g/mol. The van der Waals surface area contributed by atoms with Gasteiger partial charge in [-0.25, -0.2) is 8.42 Å². The molecule has 0 saturated carbocycles. The first-order valence-electron chi connectivity index (χ1n) is 7.01. The molecule has 1 saturated heterocycles. The fourth-order valence-electron chi connectivity index (χ4n) is 2.14. The second kappa shape index (κ2) is 6.95. The van der Waals surface area contributed by atoms with Crippen molar-refractivity contribution in [2.75, 3.05) is 35.6 Å². The second-order valence-corrected chi connectivity index (χ2v) is 7.06. The molecule has 0 aromatic heterocycles. The number of ether oxygens (including phenoxy) is 1. The van der Waals surface area contributed by atoms with E-state index < -0.39 is 10.0 Å². The zero-order valence-electron chi connectivity index (χ0n) is 11.8. The lowest BCUT2D eigenvalue weighted by Crippen LogP contribution is -2.24. The lowest BCUT2D eigenvalue weighted by atomic mass is 10.0. The molecule has 0 amide bonds. The zero-order valence-corrected chi connectivity index (χ0v) is 12.6. The Bertz CT molecular complexity index is 508. The van der Waals surface area contributed by atoms with E-state index in [0.717, 1.165) is 31.9 Å². The molecule has 5 nitrogen and oxygen atoms in total.